The van der Waals surface area contributed by atoms with Crippen molar-refractivity contribution in [2.75, 3.05) is 11.1 Å². The Bertz CT molecular complexity index is 1010. The zero-order valence-electron chi connectivity index (χ0n) is 14.0. The minimum atomic E-state index is -0.610. The lowest BCUT2D eigenvalue weighted by Gasteiger charge is -2.05. The smallest absolute Gasteiger partial charge is 0.294 e. The van der Waals surface area contributed by atoms with Gasteiger partial charge in [-0.1, -0.05) is 41.1 Å². The van der Waals surface area contributed by atoms with Crippen molar-refractivity contribution in [2.24, 2.45) is 0 Å². The van der Waals surface area contributed by atoms with Gasteiger partial charge in [0.2, 0.25) is 11.8 Å². The van der Waals surface area contributed by atoms with E-state index >= 15 is 0 Å². The van der Waals surface area contributed by atoms with Gasteiger partial charge in [-0.2, -0.15) is 0 Å². The normalized spacial score (nSPS) is 10.6. The molecule has 1 heterocycles. The fraction of sp³-hybridized carbons (Fsp3) is 0.118. The van der Waals surface area contributed by atoms with Crippen LogP contribution in [-0.2, 0) is 4.79 Å². The summed E-state index contributed by atoms with van der Waals surface area (Å²) in [7, 11) is 0. The van der Waals surface area contributed by atoms with E-state index in [1.165, 1.54) is 18.2 Å². The SMILES string of the molecule is Cc1cccc(-c2nnc(SCC(=O)Nc3ccc(Cl)cc3[N+](=O)[O-])o2)c1. The molecule has 0 saturated carbocycles. The van der Waals surface area contributed by atoms with Gasteiger partial charge in [0.1, 0.15) is 5.69 Å². The van der Waals surface area contributed by atoms with Gasteiger partial charge >= 0.3 is 0 Å². The molecule has 0 aliphatic rings. The first-order valence-electron chi connectivity index (χ1n) is 7.69. The van der Waals surface area contributed by atoms with Crippen molar-refractivity contribution in [3.63, 3.8) is 0 Å². The summed E-state index contributed by atoms with van der Waals surface area (Å²) in [6, 6.07) is 11.6. The van der Waals surface area contributed by atoms with Gasteiger partial charge in [-0.25, -0.2) is 0 Å². The predicted molar refractivity (Wildman–Crippen MR) is 102 cm³/mol. The highest BCUT2D eigenvalue weighted by molar-refractivity contribution is 7.99. The molecule has 0 spiro atoms. The molecule has 0 bridgehead atoms. The van der Waals surface area contributed by atoms with Crippen LogP contribution in [0.5, 0.6) is 0 Å². The van der Waals surface area contributed by atoms with Crippen LogP contribution >= 0.6 is 23.4 Å². The fourth-order valence-electron chi connectivity index (χ4n) is 2.24. The number of hydrogen-bond acceptors (Lipinski definition) is 7. The van der Waals surface area contributed by atoms with Gasteiger partial charge in [-0.3, -0.25) is 14.9 Å². The molecule has 1 amide bonds. The highest BCUT2D eigenvalue weighted by Crippen LogP contribution is 2.28. The Hall–Kier alpha value is -2.91. The molecule has 1 aromatic heterocycles. The number of carbonyl (C=O) groups is 1. The molecule has 0 aliphatic heterocycles. The lowest BCUT2D eigenvalue weighted by Crippen LogP contribution is -2.15. The van der Waals surface area contributed by atoms with E-state index in [-0.39, 0.29) is 27.4 Å². The molecule has 3 rings (SSSR count). The van der Waals surface area contributed by atoms with Crippen LogP contribution in [0.25, 0.3) is 11.5 Å². The summed E-state index contributed by atoms with van der Waals surface area (Å²) in [5.41, 5.74) is 1.64. The lowest BCUT2D eigenvalue weighted by atomic mass is 10.1. The highest BCUT2D eigenvalue weighted by Gasteiger charge is 2.17. The van der Waals surface area contributed by atoms with Gasteiger partial charge in [0, 0.05) is 16.7 Å². The molecule has 3 aromatic rings. The zero-order valence-corrected chi connectivity index (χ0v) is 15.6. The van der Waals surface area contributed by atoms with Crippen molar-refractivity contribution in [3.8, 4) is 11.5 Å². The first-order chi connectivity index (χ1) is 12.9. The second kappa shape index (κ2) is 8.19. The van der Waals surface area contributed by atoms with Crippen molar-refractivity contribution in [1.82, 2.24) is 10.2 Å². The molecule has 0 aliphatic carbocycles. The van der Waals surface area contributed by atoms with E-state index in [1.54, 1.807) is 0 Å². The maximum Gasteiger partial charge on any atom is 0.294 e. The summed E-state index contributed by atoms with van der Waals surface area (Å²) in [4.78, 5) is 22.5. The largest absolute Gasteiger partial charge is 0.411 e. The van der Waals surface area contributed by atoms with Crippen molar-refractivity contribution in [3.05, 3.63) is 63.2 Å². The Kier molecular flexibility index (Phi) is 5.72. The number of amides is 1. The third-order valence-electron chi connectivity index (χ3n) is 3.43. The quantitative estimate of drug-likeness (QED) is 0.369. The number of halogens is 1. The third kappa shape index (κ3) is 4.83. The van der Waals surface area contributed by atoms with Crippen LogP contribution < -0.4 is 5.32 Å². The minimum Gasteiger partial charge on any atom is -0.411 e. The summed E-state index contributed by atoms with van der Waals surface area (Å²) in [6.45, 7) is 1.95. The van der Waals surface area contributed by atoms with Crippen molar-refractivity contribution < 1.29 is 14.1 Å². The molecular formula is C17H13ClN4O4S. The number of carbonyl (C=O) groups excluding carboxylic acids is 1. The van der Waals surface area contributed by atoms with Crippen LogP contribution in [0, 0.1) is 17.0 Å². The average molecular weight is 405 g/mol. The van der Waals surface area contributed by atoms with Crippen LogP contribution in [0.4, 0.5) is 11.4 Å². The summed E-state index contributed by atoms with van der Waals surface area (Å²) >= 11 is 6.79. The topological polar surface area (TPSA) is 111 Å². The molecule has 0 atom stereocenters. The lowest BCUT2D eigenvalue weighted by molar-refractivity contribution is -0.383. The number of nitrogens with one attached hydrogen (secondary N) is 1. The van der Waals surface area contributed by atoms with Crippen LogP contribution in [-0.4, -0.2) is 26.8 Å². The number of anilines is 1. The average Bonchev–Trinajstić information content (AvgIpc) is 3.10. The number of nitro benzene ring substituents is 1. The van der Waals surface area contributed by atoms with Gasteiger partial charge in [0.15, 0.2) is 0 Å². The number of benzene rings is 2. The maximum atomic E-state index is 12.1. The number of nitro groups is 1. The molecule has 0 radical (unpaired) electrons. The van der Waals surface area contributed by atoms with E-state index in [1.807, 2.05) is 31.2 Å². The summed E-state index contributed by atoms with van der Waals surface area (Å²) in [6.07, 6.45) is 0. The second-order valence-corrected chi connectivity index (χ2v) is 6.86. The van der Waals surface area contributed by atoms with Crippen molar-refractivity contribution in [2.45, 2.75) is 12.1 Å². The molecule has 27 heavy (non-hydrogen) atoms. The zero-order chi connectivity index (χ0) is 19.4. The van der Waals surface area contributed by atoms with E-state index < -0.39 is 10.8 Å². The van der Waals surface area contributed by atoms with Gasteiger partial charge < -0.3 is 9.73 Å². The Morgan fingerprint density at radius 3 is 2.85 bits per heavy atom. The van der Waals surface area contributed by atoms with E-state index in [0.29, 0.717) is 5.89 Å². The maximum absolute atomic E-state index is 12.1. The van der Waals surface area contributed by atoms with E-state index in [4.69, 9.17) is 16.0 Å². The Labute approximate surface area is 163 Å². The molecule has 0 unspecified atom stereocenters. The van der Waals surface area contributed by atoms with Crippen LogP contribution in [0.3, 0.4) is 0 Å². The van der Waals surface area contributed by atoms with Crippen molar-refractivity contribution >= 4 is 40.6 Å². The van der Waals surface area contributed by atoms with Gasteiger partial charge in [-0.05, 0) is 31.2 Å². The Morgan fingerprint density at radius 2 is 2.11 bits per heavy atom. The molecule has 8 nitrogen and oxygen atoms in total. The number of rotatable bonds is 6. The first-order valence-corrected chi connectivity index (χ1v) is 9.06. The minimum absolute atomic E-state index is 0.0464. The highest BCUT2D eigenvalue weighted by atomic mass is 35.5. The van der Waals surface area contributed by atoms with Gasteiger partial charge in [-0.15, -0.1) is 10.2 Å². The van der Waals surface area contributed by atoms with E-state index in [9.17, 15) is 14.9 Å². The van der Waals surface area contributed by atoms with Crippen LogP contribution in [0.2, 0.25) is 5.02 Å². The third-order valence-corrected chi connectivity index (χ3v) is 4.48. The number of thioether (sulfide) groups is 1. The number of nitrogens with zero attached hydrogens (tertiary/aromatic N) is 3. The number of aryl methyl sites for hydroxylation is 1. The summed E-state index contributed by atoms with van der Waals surface area (Å²) in [5, 5.41) is 21.8. The fourth-order valence-corrected chi connectivity index (χ4v) is 2.97. The van der Waals surface area contributed by atoms with Crippen LogP contribution in [0.15, 0.2) is 52.1 Å². The van der Waals surface area contributed by atoms with Gasteiger partial charge in [0.05, 0.1) is 10.7 Å². The Balaban J connectivity index is 1.63. The van der Waals surface area contributed by atoms with E-state index in [0.717, 1.165) is 22.9 Å². The van der Waals surface area contributed by atoms with Gasteiger partial charge in [0.25, 0.3) is 10.9 Å². The predicted octanol–water partition coefficient (Wildman–Crippen LogP) is 4.34. The first kappa shape index (κ1) is 18.9. The summed E-state index contributed by atoms with van der Waals surface area (Å²) in [5.74, 6) is -0.134. The summed E-state index contributed by atoms with van der Waals surface area (Å²) < 4.78 is 5.54. The molecule has 2 aromatic carbocycles. The second-order valence-electron chi connectivity index (χ2n) is 5.50. The van der Waals surface area contributed by atoms with E-state index in [2.05, 4.69) is 15.5 Å². The standard InChI is InChI=1S/C17H13ClN4O4S/c1-10-3-2-4-11(7-10)16-20-21-17(26-16)27-9-15(23)19-13-6-5-12(18)8-14(13)22(24)25/h2-8H,9H2,1H3,(H,19,23). The number of hydrogen-bond donors (Lipinski definition) is 1. The molecular weight excluding hydrogens is 392 g/mol. The van der Waals surface area contributed by atoms with Crippen molar-refractivity contribution in [1.29, 1.82) is 0 Å². The molecule has 10 heteroatoms. The Morgan fingerprint density at radius 1 is 1.30 bits per heavy atom. The monoisotopic (exact) mass is 404 g/mol. The number of aromatic nitrogens is 2. The molecule has 1 N–H and O–H groups in total. The molecule has 0 saturated heterocycles. The van der Waals surface area contributed by atoms with Crippen LogP contribution in [0.1, 0.15) is 5.56 Å². The molecule has 138 valence electrons. The molecule has 0 fully saturated rings.